The van der Waals surface area contributed by atoms with Crippen LogP contribution in [-0.4, -0.2) is 24.2 Å². The van der Waals surface area contributed by atoms with E-state index >= 15 is 0 Å². The second-order valence-corrected chi connectivity index (χ2v) is 4.82. The minimum Gasteiger partial charge on any atom is -0.481 e. The second-order valence-electron chi connectivity index (χ2n) is 4.82. The summed E-state index contributed by atoms with van der Waals surface area (Å²) in [6.45, 7) is 0. The van der Waals surface area contributed by atoms with Crippen LogP contribution in [0.5, 0.6) is 0 Å². The predicted molar refractivity (Wildman–Crippen MR) is 72.6 cm³/mol. The van der Waals surface area contributed by atoms with E-state index in [2.05, 4.69) is 10.8 Å². The van der Waals surface area contributed by atoms with Gasteiger partial charge in [-0.15, -0.1) is 0 Å². The fourth-order valence-corrected chi connectivity index (χ4v) is 2.19. The molecule has 0 saturated carbocycles. The van der Waals surface area contributed by atoms with E-state index in [1.807, 2.05) is 18.2 Å². The van der Waals surface area contributed by atoms with Crippen LogP contribution >= 0.6 is 0 Å². The average molecular weight is 266 g/mol. The highest BCUT2D eigenvalue weighted by Crippen LogP contribution is 2.19. The topological polar surface area (TPSA) is 63.6 Å². The SMILES string of the molecule is COC(=O)C1CC=CCC1.O=C(O)C1CC=CCC1. The van der Waals surface area contributed by atoms with Gasteiger partial charge < -0.3 is 9.84 Å². The monoisotopic (exact) mass is 266 g/mol. The van der Waals surface area contributed by atoms with Crippen LogP contribution in [-0.2, 0) is 14.3 Å². The third-order valence-electron chi connectivity index (χ3n) is 3.42. The normalized spacial score (nSPS) is 25.1. The number of hydrogen-bond acceptors (Lipinski definition) is 3. The zero-order chi connectivity index (χ0) is 14.1. The first-order valence-corrected chi connectivity index (χ1v) is 6.75. The molecular formula is C15H22O4. The van der Waals surface area contributed by atoms with Gasteiger partial charge in [-0.3, -0.25) is 9.59 Å². The summed E-state index contributed by atoms with van der Waals surface area (Å²) in [5, 5.41) is 8.50. The van der Waals surface area contributed by atoms with E-state index in [4.69, 9.17) is 5.11 Å². The molecule has 0 fully saturated rings. The quantitative estimate of drug-likeness (QED) is 0.616. The number of esters is 1. The van der Waals surface area contributed by atoms with Crippen molar-refractivity contribution < 1.29 is 19.4 Å². The molecule has 2 aliphatic rings. The summed E-state index contributed by atoms with van der Waals surface area (Å²) in [5.74, 6) is -0.714. The number of carbonyl (C=O) groups excluding carboxylic acids is 1. The lowest BCUT2D eigenvalue weighted by Crippen LogP contribution is -2.16. The number of methoxy groups -OCH3 is 1. The summed E-state index contributed by atoms with van der Waals surface area (Å²) >= 11 is 0. The largest absolute Gasteiger partial charge is 0.481 e. The lowest BCUT2D eigenvalue weighted by atomic mass is 9.95. The molecule has 0 aromatic carbocycles. The molecule has 19 heavy (non-hydrogen) atoms. The van der Waals surface area contributed by atoms with Gasteiger partial charge in [-0.2, -0.15) is 0 Å². The van der Waals surface area contributed by atoms with Gasteiger partial charge in [0.1, 0.15) is 0 Å². The van der Waals surface area contributed by atoms with Crippen molar-refractivity contribution in [1.29, 1.82) is 0 Å². The highest BCUT2D eigenvalue weighted by atomic mass is 16.5. The molecule has 2 aliphatic carbocycles. The van der Waals surface area contributed by atoms with E-state index < -0.39 is 5.97 Å². The Kier molecular flexibility index (Phi) is 6.93. The van der Waals surface area contributed by atoms with Crippen molar-refractivity contribution in [3.05, 3.63) is 24.3 Å². The maximum absolute atomic E-state index is 10.9. The number of hydrogen-bond donors (Lipinski definition) is 1. The van der Waals surface area contributed by atoms with Gasteiger partial charge in [0.25, 0.3) is 0 Å². The summed E-state index contributed by atoms with van der Waals surface area (Å²) < 4.78 is 4.62. The summed E-state index contributed by atoms with van der Waals surface area (Å²) in [4.78, 5) is 21.2. The lowest BCUT2D eigenvalue weighted by Gasteiger charge is -2.13. The van der Waals surface area contributed by atoms with Crippen LogP contribution in [0.1, 0.15) is 38.5 Å². The van der Waals surface area contributed by atoms with Gasteiger partial charge in [0, 0.05) is 0 Å². The molecule has 106 valence electrons. The molecule has 2 atom stereocenters. The highest BCUT2D eigenvalue weighted by Gasteiger charge is 2.18. The van der Waals surface area contributed by atoms with E-state index in [1.165, 1.54) is 7.11 Å². The minimum atomic E-state index is -0.653. The summed E-state index contributed by atoms with van der Waals surface area (Å²) in [5.41, 5.74) is 0. The Labute approximate surface area is 114 Å². The fraction of sp³-hybridized carbons (Fsp3) is 0.600. The van der Waals surface area contributed by atoms with Gasteiger partial charge in [0.2, 0.25) is 0 Å². The van der Waals surface area contributed by atoms with Crippen molar-refractivity contribution in [3.63, 3.8) is 0 Å². The van der Waals surface area contributed by atoms with Crippen molar-refractivity contribution in [1.82, 2.24) is 0 Å². The molecule has 0 bridgehead atoms. The van der Waals surface area contributed by atoms with Gasteiger partial charge in [-0.1, -0.05) is 24.3 Å². The first-order chi connectivity index (χ1) is 9.15. The summed E-state index contributed by atoms with van der Waals surface area (Å²) in [7, 11) is 1.45. The maximum Gasteiger partial charge on any atom is 0.308 e. The fourth-order valence-electron chi connectivity index (χ4n) is 2.19. The van der Waals surface area contributed by atoms with E-state index in [1.54, 1.807) is 0 Å². The van der Waals surface area contributed by atoms with E-state index in [9.17, 15) is 9.59 Å². The Morgan fingerprint density at radius 2 is 1.53 bits per heavy atom. The van der Waals surface area contributed by atoms with Crippen LogP contribution in [0.3, 0.4) is 0 Å². The zero-order valence-corrected chi connectivity index (χ0v) is 11.4. The smallest absolute Gasteiger partial charge is 0.308 e. The van der Waals surface area contributed by atoms with Crippen LogP contribution in [0.4, 0.5) is 0 Å². The van der Waals surface area contributed by atoms with Gasteiger partial charge in [0.15, 0.2) is 0 Å². The molecule has 0 aliphatic heterocycles. The molecule has 0 aromatic rings. The predicted octanol–water partition coefficient (Wildman–Crippen LogP) is 2.94. The molecule has 0 radical (unpaired) electrons. The van der Waals surface area contributed by atoms with Gasteiger partial charge >= 0.3 is 11.9 Å². The van der Waals surface area contributed by atoms with Crippen molar-refractivity contribution in [2.24, 2.45) is 11.8 Å². The molecule has 0 saturated heterocycles. The highest BCUT2D eigenvalue weighted by molar-refractivity contribution is 5.72. The Morgan fingerprint density at radius 1 is 1.00 bits per heavy atom. The molecule has 1 N–H and O–H groups in total. The molecule has 0 heterocycles. The van der Waals surface area contributed by atoms with E-state index in [-0.39, 0.29) is 17.8 Å². The molecule has 4 nitrogen and oxygen atoms in total. The van der Waals surface area contributed by atoms with Crippen molar-refractivity contribution in [2.45, 2.75) is 38.5 Å². The average Bonchev–Trinajstić information content (AvgIpc) is 2.49. The summed E-state index contributed by atoms with van der Waals surface area (Å²) in [6.07, 6.45) is 13.4. The van der Waals surface area contributed by atoms with E-state index in [0.717, 1.165) is 38.5 Å². The van der Waals surface area contributed by atoms with Gasteiger partial charge in [0.05, 0.1) is 18.9 Å². The Bertz CT molecular complexity index is 357. The van der Waals surface area contributed by atoms with Gasteiger partial charge in [-0.25, -0.2) is 0 Å². The number of rotatable bonds is 2. The Hall–Kier alpha value is -1.58. The third kappa shape index (κ3) is 5.73. The second kappa shape index (κ2) is 8.51. The molecular weight excluding hydrogens is 244 g/mol. The molecule has 2 rings (SSSR count). The third-order valence-corrected chi connectivity index (χ3v) is 3.42. The van der Waals surface area contributed by atoms with Crippen LogP contribution in [0.2, 0.25) is 0 Å². The number of carboxylic acids is 1. The molecule has 0 spiro atoms. The number of carbonyl (C=O) groups is 2. The maximum atomic E-state index is 10.9. The Balaban J connectivity index is 0.000000191. The van der Waals surface area contributed by atoms with Gasteiger partial charge in [-0.05, 0) is 38.5 Å². The van der Waals surface area contributed by atoms with Crippen molar-refractivity contribution in [3.8, 4) is 0 Å². The van der Waals surface area contributed by atoms with Crippen LogP contribution in [0.15, 0.2) is 24.3 Å². The molecule has 2 unspecified atom stereocenters. The number of aliphatic carboxylic acids is 1. The lowest BCUT2D eigenvalue weighted by molar-refractivity contribution is -0.145. The number of ether oxygens (including phenoxy) is 1. The van der Waals surface area contributed by atoms with Crippen LogP contribution in [0, 0.1) is 11.8 Å². The van der Waals surface area contributed by atoms with Crippen LogP contribution in [0.25, 0.3) is 0 Å². The standard InChI is InChI=1S/C8H12O2.C7H10O2/c1-10-8(9)7-5-3-2-4-6-7;8-7(9)6-4-2-1-3-5-6/h2-3,7H,4-6H2,1H3;1-2,6H,3-5H2,(H,8,9). The first kappa shape index (κ1) is 15.5. The molecule has 4 heteroatoms. The van der Waals surface area contributed by atoms with Crippen LogP contribution < -0.4 is 0 Å². The first-order valence-electron chi connectivity index (χ1n) is 6.75. The molecule has 0 aromatic heterocycles. The molecule has 0 amide bonds. The zero-order valence-electron chi connectivity index (χ0n) is 11.4. The summed E-state index contributed by atoms with van der Waals surface area (Å²) in [6, 6.07) is 0. The Morgan fingerprint density at radius 3 is 1.84 bits per heavy atom. The minimum absolute atomic E-state index is 0.0654. The van der Waals surface area contributed by atoms with Crippen molar-refractivity contribution >= 4 is 11.9 Å². The number of carboxylic acid groups (broad SMARTS) is 1. The van der Waals surface area contributed by atoms with Crippen molar-refractivity contribution in [2.75, 3.05) is 7.11 Å². The van der Waals surface area contributed by atoms with E-state index in [0.29, 0.717) is 0 Å². The number of allylic oxidation sites excluding steroid dienone is 4.